The molecule has 2 aromatic rings. The highest BCUT2D eigenvalue weighted by molar-refractivity contribution is 5.85. The van der Waals surface area contributed by atoms with E-state index in [9.17, 15) is 13.2 Å². The third kappa shape index (κ3) is 5.07. The molecule has 10 heteroatoms. The minimum Gasteiger partial charge on any atom is -0.405 e. The fourth-order valence-electron chi connectivity index (χ4n) is 4.11. The van der Waals surface area contributed by atoms with Gasteiger partial charge in [0.15, 0.2) is 5.82 Å². The van der Waals surface area contributed by atoms with E-state index in [4.69, 9.17) is 0 Å². The number of ether oxygens (including phenoxy) is 1. The third-order valence-corrected chi connectivity index (χ3v) is 5.60. The molecular formula is C21H25F3N6O. The van der Waals surface area contributed by atoms with Gasteiger partial charge in [0.25, 0.3) is 0 Å². The summed E-state index contributed by atoms with van der Waals surface area (Å²) in [5, 5.41) is 6.45. The molecule has 7 nitrogen and oxygen atoms in total. The summed E-state index contributed by atoms with van der Waals surface area (Å²) in [7, 11) is 1.98. The summed E-state index contributed by atoms with van der Waals surface area (Å²) >= 11 is 0. The van der Waals surface area contributed by atoms with E-state index in [-0.39, 0.29) is 11.3 Å². The first kappa shape index (κ1) is 21.4. The van der Waals surface area contributed by atoms with Gasteiger partial charge in [0.05, 0.1) is 0 Å². The van der Waals surface area contributed by atoms with Crippen LogP contribution in [0.15, 0.2) is 41.8 Å². The molecule has 0 bridgehead atoms. The van der Waals surface area contributed by atoms with Crippen LogP contribution in [0.1, 0.15) is 6.92 Å². The number of para-hydroxylation sites is 1. The van der Waals surface area contributed by atoms with Crippen LogP contribution in [-0.2, 0) is 0 Å². The molecule has 0 spiro atoms. The maximum atomic E-state index is 12.9. The van der Waals surface area contributed by atoms with Crippen molar-refractivity contribution in [3.8, 4) is 17.0 Å². The largest absolute Gasteiger partial charge is 0.573 e. The second-order valence-electron chi connectivity index (χ2n) is 7.84. The van der Waals surface area contributed by atoms with Gasteiger partial charge in [-0.25, -0.2) is 4.98 Å². The molecule has 2 aliphatic rings. The molecule has 1 atom stereocenters. The summed E-state index contributed by atoms with van der Waals surface area (Å²) in [6.45, 7) is 7.05. The van der Waals surface area contributed by atoms with Gasteiger partial charge in [0, 0.05) is 75.9 Å². The second kappa shape index (κ2) is 8.70. The van der Waals surface area contributed by atoms with Crippen LogP contribution >= 0.6 is 0 Å². The minimum atomic E-state index is -4.78. The summed E-state index contributed by atoms with van der Waals surface area (Å²) in [4.78, 5) is 13.3. The number of hydrogen-bond acceptors (Lipinski definition) is 7. The minimum absolute atomic E-state index is 0.270. The van der Waals surface area contributed by atoms with Crippen molar-refractivity contribution in [1.82, 2.24) is 19.9 Å². The number of aromatic nitrogens is 2. The van der Waals surface area contributed by atoms with Crippen LogP contribution in [0, 0.1) is 5.92 Å². The van der Waals surface area contributed by atoms with E-state index >= 15 is 0 Å². The Morgan fingerprint density at radius 2 is 1.77 bits per heavy atom. The van der Waals surface area contributed by atoms with Gasteiger partial charge in [0.1, 0.15) is 11.4 Å². The van der Waals surface area contributed by atoms with E-state index in [0.717, 1.165) is 31.9 Å². The van der Waals surface area contributed by atoms with Crippen molar-refractivity contribution < 1.29 is 17.9 Å². The molecule has 31 heavy (non-hydrogen) atoms. The highest BCUT2D eigenvalue weighted by Crippen LogP contribution is 2.36. The van der Waals surface area contributed by atoms with E-state index in [1.54, 1.807) is 18.3 Å². The Labute approximate surface area is 179 Å². The van der Waals surface area contributed by atoms with E-state index in [0.29, 0.717) is 30.5 Å². The maximum Gasteiger partial charge on any atom is 0.573 e. The smallest absolute Gasteiger partial charge is 0.405 e. The fraction of sp³-hybridized carbons (Fsp3) is 0.476. The first-order valence-corrected chi connectivity index (χ1v) is 10.2. The molecule has 2 aliphatic heterocycles. The lowest BCUT2D eigenvalue weighted by Gasteiger charge is -2.37. The van der Waals surface area contributed by atoms with Gasteiger partial charge in [-0.1, -0.05) is 12.1 Å². The Balaban J connectivity index is 1.49. The van der Waals surface area contributed by atoms with Crippen LogP contribution in [0.3, 0.4) is 0 Å². The average Bonchev–Trinajstić information content (AvgIpc) is 3.04. The predicted molar refractivity (Wildman–Crippen MR) is 112 cm³/mol. The van der Waals surface area contributed by atoms with Crippen molar-refractivity contribution in [1.29, 1.82) is 0 Å². The number of anilines is 1. The lowest BCUT2D eigenvalue weighted by Crippen LogP contribution is -2.49. The van der Waals surface area contributed by atoms with Crippen molar-refractivity contribution in [2.75, 3.05) is 51.2 Å². The van der Waals surface area contributed by atoms with Gasteiger partial charge >= 0.3 is 6.36 Å². The summed E-state index contributed by atoms with van der Waals surface area (Å²) in [6.07, 6.45) is -1.73. The summed E-state index contributed by atoms with van der Waals surface area (Å²) in [6, 6.07) is 6.04. The summed E-state index contributed by atoms with van der Waals surface area (Å²) < 4.78 is 42.8. The quantitative estimate of drug-likeness (QED) is 0.721. The Kier molecular flexibility index (Phi) is 5.99. The zero-order valence-corrected chi connectivity index (χ0v) is 17.5. The standard InChI is InChI=1S/C21H25F3N6O/c1-15-16(13-28(2)27-15)14-29-9-11-30(12-10-29)20-19(25-7-8-26-20)17-5-3-4-6-18(17)31-21(22,23)24/h3-8,16H,9-14H2,1-2H3. The molecule has 0 amide bonds. The van der Waals surface area contributed by atoms with Crippen molar-refractivity contribution >= 4 is 11.5 Å². The van der Waals surface area contributed by atoms with Crippen LogP contribution in [-0.4, -0.2) is 78.3 Å². The fourth-order valence-corrected chi connectivity index (χ4v) is 4.11. The first-order valence-electron chi connectivity index (χ1n) is 10.2. The molecule has 0 saturated carbocycles. The molecule has 0 radical (unpaired) electrons. The SMILES string of the molecule is CC1=NN(C)CC1CN1CCN(c2nccnc2-c2ccccc2OC(F)(F)F)CC1. The van der Waals surface area contributed by atoms with Crippen molar-refractivity contribution in [3.05, 3.63) is 36.7 Å². The Bertz CT molecular complexity index is 943. The highest BCUT2D eigenvalue weighted by Gasteiger charge is 2.33. The van der Waals surface area contributed by atoms with Gasteiger partial charge in [-0.05, 0) is 19.1 Å². The molecule has 1 aromatic heterocycles. The predicted octanol–water partition coefficient (Wildman–Crippen LogP) is 3.10. The van der Waals surface area contributed by atoms with Gasteiger partial charge in [-0.3, -0.25) is 14.9 Å². The van der Waals surface area contributed by atoms with Crippen LogP contribution in [0.25, 0.3) is 11.3 Å². The second-order valence-corrected chi connectivity index (χ2v) is 7.84. The van der Waals surface area contributed by atoms with Gasteiger partial charge in [-0.15, -0.1) is 13.2 Å². The molecule has 4 rings (SSSR count). The molecule has 0 aliphatic carbocycles. The van der Waals surface area contributed by atoms with Crippen molar-refractivity contribution in [2.24, 2.45) is 11.0 Å². The van der Waals surface area contributed by atoms with Crippen molar-refractivity contribution in [2.45, 2.75) is 13.3 Å². The first-order chi connectivity index (χ1) is 14.8. The van der Waals surface area contributed by atoms with Crippen molar-refractivity contribution in [3.63, 3.8) is 0 Å². The highest BCUT2D eigenvalue weighted by atomic mass is 19.4. The maximum absolute atomic E-state index is 12.9. The Morgan fingerprint density at radius 1 is 1.06 bits per heavy atom. The van der Waals surface area contributed by atoms with Crippen LogP contribution in [0.5, 0.6) is 5.75 Å². The number of nitrogens with zero attached hydrogens (tertiary/aromatic N) is 6. The Morgan fingerprint density at radius 3 is 2.45 bits per heavy atom. The van der Waals surface area contributed by atoms with Gasteiger partial charge in [-0.2, -0.15) is 5.10 Å². The summed E-state index contributed by atoms with van der Waals surface area (Å²) in [5.41, 5.74) is 1.81. The number of hydrazone groups is 1. The topological polar surface area (TPSA) is 57.1 Å². The number of piperazine rings is 1. The Hall–Kier alpha value is -2.88. The van der Waals surface area contributed by atoms with Crippen LogP contribution in [0.2, 0.25) is 0 Å². The number of hydrogen-bond donors (Lipinski definition) is 0. The molecule has 3 heterocycles. The number of halogens is 3. The lowest BCUT2D eigenvalue weighted by molar-refractivity contribution is -0.274. The molecule has 1 fully saturated rings. The zero-order valence-electron chi connectivity index (χ0n) is 17.5. The number of benzene rings is 1. The molecule has 1 aromatic carbocycles. The summed E-state index contributed by atoms with van der Waals surface area (Å²) in [5.74, 6) is 0.712. The number of rotatable bonds is 5. The molecule has 1 saturated heterocycles. The van der Waals surface area contributed by atoms with E-state index < -0.39 is 6.36 Å². The molecule has 0 N–H and O–H groups in total. The zero-order chi connectivity index (χ0) is 22.0. The monoisotopic (exact) mass is 434 g/mol. The molecule has 1 unspecified atom stereocenters. The van der Waals surface area contributed by atoms with E-state index in [2.05, 4.69) is 36.5 Å². The lowest BCUT2D eigenvalue weighted by atomic mass is 10.0. The van der Waals surface area contributed by atoms with Crippen LogP contribution in [0.4, 0.5) is 19.0 Å². The normalized spacial score (nSPS) is 20.2. The van der Waals surface area contributed by atoms with Gasteiger partial charge in [0.2, 0.25) is 0 Å². The van der Waals surface area contributed by atoms with E-state index in [1.807, 2.05) is 12.1 Å². The van der Waals surface area contributed by atoms with Crippen LogP contribution < -0.4 is 9.64 Å². The average molecular weight is 434 g/mol. The number of alkyl halides is 3. The molecule has 166 valence electrons. The van der Waals surface area contributed by atoms with Gasteiger partial charge < -0.3 is 9.64 Å². The third-order valence-electron chi connectivity index (χ3n) is 5.60. The van der Waals surface area contributed by atoms with E-state index in [1.165, 1.54) is 18.3 Å². The molecular weight excluding hydrogens is 409 g/mol.